The minimum absolute atomic E-state index is 0.341. The van der Waals surface area contributed by atoms with Crippen molar-refractivity contribution in [3.05, 3.63) is 65.7 Å². The zero-order valence-corrected chi connectivity index (χ0v) is 15.0. The van der Waals surface area contributed by atoms with Gasteiger partial charge in [0.2, 0.25) is 0 Å². The molecule has 2 aromatic carbocycles. The molecule has 0 aromatic heterocycles. The van der Waals surface area contributed by atoms with Crippen LogP contribution in [0, 0.1) is 6.92 Å². The highest BCUT2D eigenvalue weighted by Gasteiger charge is 2.19. The van der Waals surface area contributed by atoms with Crippen molar-refractivity contribution in [3.63, 3.8) is 0 Å². The van der Waals surface area contributed by atoms with Crippen molar-refractivity contribution in [2.75, 3.05) is 39.3 Å². The molecule has 1 aliphatic heterocycles. The van der Waals surface area contributed by atoms with E-state index in [4.69, 9.17) is 4.74 Å². The lowest BCUT2D eigenvalue weighted by Gasteiger charge is -2.35. The Morgan fingerprint density at radius 3 is 2.40 bits per heavy atom. The Hall–Kier alpha value is -1.88. The van der Waals surface area contributed by atoms with Crippen molar-refractivity contribution in [2.24, 2.45) is 0 Å². The summed E-state index contributed by atoms with van der Waals surface area (Å²) in [4.78, 5) is 4.80. The fraction of sp³-hybridized carbons (Fsp3) is 0.429. The van der Waals surface area contributed by atoms with E-state index in [9.17, 15) is 5.11 Å². The molecule has 1 atom stereocenters. The van der Waals surface area contributed by atoms with Gasteiger partial charge in [-0.1, -0.05) is 42.5 Å². The third-order valence-electron chi connectivity index (χ3n) is 4.61. The summed E-state index contributed by atoms with van der Waals surface area (Å²) in [5, 5.41) is 10.3. The van der Waals surface area contributed by atoms with Crippen LogP contribution in [0.4, 0.5) is 0 Å². The maximum absolute atomic E-state index is 10.3. The summed E-state index contributed by atoms with van der Waals surface area (Å²) < 4.78 is 5.70. The normalized spacial score (nSPS) is 17.4. The summed E-state index contributed by atoms with van der Waals surface area (Å²) in [7, 11) is 0. The third kappa shape index (κ3) is 5.85. The Morgan fingerprint density at radius 1 is 0.960 bits per heavy atom. The maximum atomic E-state index is 10.3. The lowest BCUT2D eigenvalue weighted by molar-refractivity contribution is 0.0446. The van der Waals surface area contributed by atoms with Gasteiger partial charge in [0.25, 0.3) is 0 Å². The van der Waals surface area contributed by atoms with Crippen molar-refractivity contribution in [1.82, 2.24) is 9.80 Å². The highest BCUT2D eigenvalue weighted by molar-refractivity contribution is 5.27. The number of nitrogens with zero attached hydrogens (tertiary/aromatic N) is 2. The van der Waals surface area contributed by atoms with Crippen LogP contribution in [-0.2, 0) is 6.54 Å². The van der Waals surface area contributed by atoms with Crippen LogP contribution < -0.4 is 4.74 Å². The fourth-order valence-electron chi connectivity index (χ4n) is 3.22. The molecule has 1 N–H and O–H groups in total. The molecule has 0 spiro atoms. The van der Waals surface area contributed by atoms with Gasteiger partial charge >= 0.3 is 0 Å². The van der Waals surface area contributed by atoms with E-state index in [-0.39, 0.29) is 0 Å². The molecular formula is C21H28N2O2. The van der Waals surface area contributed by atoms with Gasteiger partial charge in [-0.05, 0) is 30.2 Å². The second-order valence-corrected chi connectivity index (χ2v) is 6.84. The first kappa shape index (κ1) is 17.9. The number of ether oxygens (including phenoxy) is 1. The number of aliphatic hydroxyl groups is 1. The molecule has 2 aromatic rings. The second-order valence-electron chi connectivity index (χ2n) is 6.84. The Kier molecular flexibility index (Phi) is 6.45. The summed E-state index contributed by atoms with van der Waals surface area (Å²) in [5.41, 5.74) is 2.53. The van der Waals surface area contributed by atoms with Gasteiger partial charge in [-0.15, -0.1) is 0 Å². The van der Waals surface area contributed by atoms with Gasteiger partial charge in [0, 0.05) is 39.3 Å². The number of rotatable bonds is 7. The van der Waals surface area contributed by atoms with Crippen LogP contribution in [-0.4, -0.2) is 60.3 Å². The quantitative estimate of drug-likeness (QED) is 0.840. The minimum atomic E-state index is -0.457. The topological polar surface area (TPSA) is 35.9 Å². The van der Waals surface area contributed by atoms with Crippen LogP contribution in [0.2, 0.25) is 0 Å². The average molecular weight is 340 g/mol. The van der Waals surface area contributed by atoms with E-state index in [1.165, 1.54) is 11.1 Å². The number of hydrogen-bond acceptors (Lipinski definition) is 4. The molecule has 1 saturated heterocycles. The summed E-state index contributed by atoms with van der Waals surface area (Å²) in [5.74, 6) is 0.826. The zero-order valence-electron chi connectivity index (χ0n) is 15.0. The molecule has 25 heavy (non-hydrogen) atoms. The molecule has 134 valence electrons. The van der Waals surface area contributed by atoms with Crippen molar-refractivity contribution in [1.29, 1.82) is 0 Å². The van der Waals surface area contributed by atoms with Gasteiger partial charge in [-0.25, -0.2) is 0 Å². The van der Waals surface area contributed by atoms with Gasteiger partial charge in [-0.3, -0.25) is 9.80 Å². The number of piperazine rings is 1. The maximum Gasteiger partial charge on any atom is 0.119 e. The summed E-state index contributed by atoms with van der Waals surface area (Å²) in [6.45, 7) is 8.13. The molecule has 0 saturated carbocycles. The van der Waals surface area contributed by atoms with Crippen LogP contribution in [0.15, 0.2) is 54.6 Å². The SMILES string of the molecule is Cc1cccc(OCC(O)CN2CCN(Cc3ccccc3)CC2)c1. The van der Waals surface area contributed by atoms with Crippen molar-refractivity contribution in [3.8, 4) is 5.75 Å². The zero-order chi connectivity index (χ0) is 17.5. The summed E-state index contributed by atoms with van der Waals surface area (Å²) in [6.07, 6.45) is -0.457. The average Bonchev–Trinajstić information content (AvgIpc) is 2.63. The fourth-order valence-corrected chi connectivity index (χ4v) is 3.22. The largest absolute Gasteiger partial charge is 0.491 e. The predicted molar refractivity (Wildman–Crippen MR) is 101 cm³/mol. The standard InChI is InChI=1S/C21H28N2O2/c1-18-6-5-9-21(14-18)25-17-20(24)16-23-12-10-22(11-13-23)15-19-7-3-2-4-8-19/h2-9,14,20,24H,10-13,15-17H2,1H3. The number of aryl methyl sites for hydroxylation is 1. The summed E-state index contributed by atoms with van der Waals surface area (Å²) >= 11 is 0. The number of benzene rings is 2. The van der Waals surface area contributed by atoms with E-state index < -0.39 is 6.10 Å². The second kappa shape index (κ2) is 8.99. The molecule has 4 heteroatoms. The van der Waals surface area contributed by atoms with Crippen LogP contribution in [0.1, 0.15) is 11.1 Å². The summed E-state index contributed by atoms with van der Waals surface area (Å²) in [6, 6.07) is 18.5. The van der Waals surface area contributed by atoms with E-state index in [0.717, 1.165) is 38.5 Å². The van der Waals surface area contributed by atoms with E-state index >= 15 is 0 Å². The lowest BCUT2D eigenvalue weighted by atomic mass is 10.2. The monoisotopic (exact) mass is 340 g/mol. The number of β-amino-alcohol motifs (C(OH)–C–C–N with tert-alkyl or cyclic N) is 1. The predicted octanol–water partition coefficient (Wildman–Crippen LogP) is 2.55. The molecule has 3 rings (SSSR count). The highest BCUT2D eigenvalue weighted by Crippen LogP contribution is 2.13. The molecule has 1 fully saturated rings. The molecule has 1 heterocycles. The van der Waals surface area contributed by atoms with Crippen LogP contribution in [0.5, 0.6) is 5.75 Å². The molecule has 0 amide bonds. The van der Waals surface area contributed by atoms with Crippen molar-refractivity contribution in [2.45, 2.75) is 19.6 Å². The first-order valence-electron chi connectivity index (χ1n) is 9.05. The van der Waals surface area contributed by atoms with E-state index in [1.54, 1.807) is 0 Å². The first-order chi connectivity index (χ1) is 12.2. The molecule has 0 bridgehead atoms. The van der Waals surface area contributed by atoms with Gasteiger partial charge in [0.1, 0.15) is 18.5 Å². The van der Waals surface area contributed by atoms with Gasteiger partial charge < -0.3 is 9.84 Å². The van der Waals surface area contributed by atoms with Crippen molar-refractivity contribution < 1.29 is 9.84 Å². The Labute approximate surface area is 150 Å². The minimum Gasteiger partial charge on any atom is -0.491 e. The van der Waals surface area contributed by atoms with Gasteiger partial charge in [0.15, 0.2) is 0 Å². The highest BCUT2D eigenvalue weighted by atomic mass is 16.5. The lowest BCUT2D eigenvalue weighted by Crippen LogP contribution is -2.48. The molecular weight excluding hydrogens is 312 g/mol. The van der Waals surface area contributed by atoms with Crippen LogP contribution in [0.3, 0.4) is 0 Å². The third-order valence-corrected chi connectivity index (χ3v) is 4.61. The molecule has 4 nitrogen and oxygen atoms in total. The molecule has 1 unspecified atom stereocenters. The Morgan fingerprint density at radius 2 is 1.68 bits per heavy atom. The Balaban J connectivity index is 1.37. The van der Waals surface area contributed by atoms with Crippen LogP contribution in [0.25, 0.3) is 0 Å². The van der Waals surface area contributed by atoms with Crippen molar-refractivity contribution >= 4 is 0 Å². The van der Waals surface area contributed by atoms with E-state index in [0.29, 0.717) is 13.2 Å². The van der Waals surface area contributed by atoms with E-state index in [1.807, 2.05) is 31.2 Å². The number of hydrogen-bond donors (Lipinski definition) is 1. The van der Waals surface area contributed by atoms with Crippen LogP contribution >= 0.6 is 0 Å². The van der Waals surface area contributed by atoms with Gasteiger partial charge in [0.05, 0.1) is 0 Å². The van der Waals surface area contributed by atoms with E-state index in [2.05, 4.69) is 40.1 Å². The molecule has 0 radical (unpaired) electrons. The first-order valence-corrected chi connectivity index (χ1v) is 9.05. The molecule has 0 aliphatic carbocycles. The number of aliphatic hydroxyl groups excluding tert-OH is 1. The van der Waals surface area contributed by atoms with Gasteiger partial charge in [-0.2, -0.15) is 0 Å². The molecule has 1 aliphatic rings. The Bertz CT molecular complexity index is 639. The smallest absolute Gasteiger partial charge is 0.119 e.